The van der Waals surface area contributed by atoms with Gasteiger partial charge in [-0.15, -0.1) is 0 Å². The van der Waals surface area contributed by atoms with Gasteiger partial charge < -0.3 is 5.11 Å². The average Bonchev–Trinajstić information content (AvgIpc) is 2.62. The molecule has 136 valence electrons. The first kappa shape index (κ1) is 18.2. The second kappa shape index (κ2) is 7.74. The zero-order valence-corrected chi connectivity index (χ0v) is 13.8. The lowest BCUT2D eigenvalue weighted by Gasteiger charge is -2.08. The van der Waals surface area contributed by atoms with Crippen molar-refractivity contribution in [3.8, 4) is 16.9 Å². The Morgan fingerprint density at radius 2 is 1.74 bits per heavy atom. The number of phenolic OH excluding ortho intramolecular Hbond substituents is 1. The van der Waals surface area contributed by atoms with Crippen molar-refractivity contribution in [2.24, 2.45) is 5.10 Å². The Hall–Kier alpha value is -3.61. The highest BCUT2D eigenvalue weighted by Crippen LogP contribution is 2.28. The summed E-state index contributed by atoms with van der Waals surface area (Å²) in [6.45, 7) is 0. The molecule has 0 saturated heterocycles. The highest BCUT2D eigenvalue weighted by atomic mass is 19.1. The molecule has 0 bridgehead atoms. The van der Waals surface area contributed by atoms with Crippen LogP contribution in [0.2, 0.25) is 0 Å². The third kappa shape index (κ3) is 4.33. The van der Waals surface area contributed by atoms with Gasteiger partial charge in [0.15, 0.2) is 0 Å². The Balaban J connectivity index is 1.82. The standard InChI is InChI=1S/C20H13F3N2O2/c21-14-3-1-2-12(8-14)11-24-25-20(27)17-9-13(4-7-19(17)26)16-6-5-15(22)10-18(16)23/h1-11,26H,(H,25,27)/b24-11+. The Bertz CT molecular complexity index is 1040. The van der Waals surface area contributed by atoms with Gasteiger partial charge in [0.05, 0.1) is 11.8 Å². The van der Waals surface area contributed by atoms with E-state index in [1.54, 1.807) is 6.07 Å². The van der Waals surface area contributed by atoms with Crippen LogP contribution in [0, 0.1) is 17.5 Å². The van der Waals surface area contributed by atoms with E-state index in [2.05, 4.69) is 10.5 Å². The van der Waals surface area contributed by atoms with Crippen molar-refractivity contribution in [1.29, 1.82) is 0 Å². The van der Waals surface area contributed by atoms with Crippen molar-refractivity contribution >= 4 is 12.1 Å². The molecular formula is C20H13F3N2O2. The molecule has 1 amide bonds. The molecule has 2 N–H and O–H groups in total. The monoisotopic (exact) mass is 370 g/mol. The highest BCUT2D eigenvalue weighted by Gasteiger charge is 2.14. The van der Waals surface area contributed by atoms with E-state index in [4.69, 9.17) is 0 Å². The minimum absolute atomic E-state index is 0.0775. The molecule has 0 aromatic heterocycles. The third-order valence-electron chi connectivity index (χ3n) is 3.71. The van der Waals surface area contributed by atoms with Gasteiger partial charge in [0, 0.05) is 11.6 Å². The number of carbonyl (C=O) groups is 1. The van der Waals surface area contributed by atoms with Crippen LogP contribution in [-0.2, 0) is 0 Å². The minimum atomic E-state index is -0.795. The molecule has 7 heteroatoms. The number of nitrogens with one attached hydrogen (secondary N) is 1. The first-order valence-electron chi connectivity index (χ1n) is 7.81. The van der Waals surface area contributed by atoms with E-state index >= 15 is 0 Å². The van der Waals surface area contributed by atoms with Crippen LogP contribution < -0.4 is 5.43 Å². The van der Waals surface area contributed by atoms with E-state index in [1.807, 2.05) is 0 Å². The lowest BCUT2D eigenvalue weighted by molar-refractivity contribution is 0.0952. The smallest absolute Gasteiger partial charge is 0.275 e. The van der Waals surface area contributed by atoms with Gasteiger partial charge >= 0.3 is 0 Å². The second-order valence-electron chi connectivity index (χ2n) is 5.61. The van der Waals surface area contributed by atoms with Crippen LogP contribution in [0.5, 0.6) is 5.75 Å². The fraction of sp³-hybridized carbons (Fsp3) is 0. The summed E-state index contributed by atoms with van der Waals surface area (Å²) >= 11 is 0. The highest BCUT2D eigenvalue weighted by molar-refractivity contribution is 5.98. The summed E-state index contributed by atoms with van der Waals surface area (Å²) in [5.74, 6) is -3.04. The van der Waals surface area contributed by atoms with E-state index in [0.29, 0.717) is 5.56 Å². The Labute approximate surface area is 152 Å². The number of carbonyl (C=O) groups excluding carboxylic acids is 1. The van der Waals surface area contributed by atoms with Crippen LogP contribution in [-0.4, -0.2) is 17.2 Å². The molecule has 4 nitrogen and oxygen atoms in total. The first-order chi connectivity index (χ1) is 12.9. The largest absolute Gasteiger partial charge is 0.507 e. The molecule has 27 heavy (non-hydrogen) atoms. The number of hydrogen-bond acceptors (Lipinski definition) is 3. The van der Waals surface area contributed by atoms with Gasteiger partial charge in [-0.1, -0.05) is 18.2 Å². The summed E-state index contributed by atoms with van der Waals surface area (Å²) < 4.78 is 40.1. The molecule has 0 spiro atoms. The van der Waals surface area contributed by atoms with Crippen LogP contribution in [0.4, 0.5) is 13.2 Å². The minimum Gasteiger partial charge on any atom is -0.507 e. The van der Waals surface area contributed by atoms with Crippen LogP contribution in [0.3, 0.4) is 0 Å². The maximum atomic E-state index is 13.9. The fourth-order valence-electron chi connectivity index (χ4n) is 2.42. The number of benzene rings is 3. The maximum Gasteiger partial charge on any atom is 0.275 e. The topological polar surface area (TPSA) is 61.7 Å². The molecule has 0 aliphatic rings. The second-order valence-corrected chi connectivity index (χ2v) is 5.61. The molecule has 0 saturated carbocycles. The summed E-state index contributed by atoms with van der Waals surface area (Å²) in [6, 6.07) is 12.5. The van der Waals surface area contributed by atoms with Gasteiger partial charge in [0.2, 0.25) is 0 Å². The summed E-state index contributed by atoms with van der Waals surface area (Å²) in [5, 5.41) is 13.6. The van der Waals surface area contributed by atoms with Crippen LogP contribution in [0.15, 0.2) is 65.8 Å². The summed E-state index contributed by atoms with van der Waals surface area (Å²) in [6.07, 6.45) is 1.24. The Morgan fingerprint density at radius 1 is 0.963 bits per heavy atom. The fourth-order valence-corrected chi connectivity index (χ4v) is 2.42. The molecule has 0 heterocycles. The maximum absolute atomic E-state index is 13.9. The number of rotatable bonds is 4. The molecule has 0 radical (unpaired) electrons. The molecule has 0 aliphatic heterocycles. The summed E-state index contributed by atoms with van der Waals surface area (Å²) in [7, 11) is 0. The molecule has 0 fully saturated rings. The van der Waals surface area contributed by atoms with Gasteiger partial charge in [-0.25, -0.2) is 18.6 Å². The molecule has 3 aromatic rings. The molecular weight excluding hydrogens is 357 g/mol. The van der Waals surface area contributed by atoms with Gasteiger partial charge in [-0.2, -0.15) is 5.10 Å². The molecule has 3 rings (SSSR count). The average molecular weight is 370 g/mol. The van der Waals surface area contributed by atoms with Crippen LogP contribution >= 0.6 is 0 Å². The lowest BCUT2D eigenvalue weighted by atomic mass is 10.0. The number of aromatic hydroxyl groups is 1. The number of amides is 1. The van der Waals surface area contributed by atoms with Crippen LogP contribution in [0.25, 0.3) is 11.1 Å². The Kier molecular flexibility index (Phi) is 5.21. The van der Waals surface area contributed by atoms with Crippen molar-refractivity contribution in [2.45, 2.75) is 0 Å². The van der Waals surface area contributed by atoms with Crippen molar-refractivity contribution in [1.82, 2.24) is 5.43 Å². The number of phenols is 1. The van der Waals surface area contributed by atoms with Gasteiger partial charge in [0.25, 0.3) is 5.91 Å². The van der Waals surface area contributed by atoms with Crippen molar-refractivity contribution < 1.29 is 23.1 Å². The summed E-state index contributed by atoms with van der Waals surface area (Å²) in [4.78, 5) is 12.2. The predicted octanol–water partition coefficient (Wildman–Crippen LogP) is 4.24. The van der Waals surface area contributed by atoms with E-state index < -0.39 is 23.4 Å². The SMILES string of the molecule is O=C(N/N=C/c1cccc(F)c1)c1cc(-c2ccc(F)cc2F)ccc1O. The van der Waals surface area contributed by atoms with Crippen molar-refractivity contribution in [3.05, 3.63) is 89.2 Å². The van der Waals surface area contributed by atoms with Gasteiger partial charge in [0.1, 0.15) is 23.2 Å². The van der Waals surface area contributed by atoms with E-state index in [0.717, 1.165) is 12.1 Å². The predicted molar refractivity (Wildman–Crippen MR) is 94.9 cm³/mol. The molecule has 0 atom stereocenters. The number of hydrogen-bond donors (Lipinski definition) is 2. The number of halogens is 3. The summed E-state index contributed by atoms with van der Waals surface area (Å²) in [5.41, 5.74) is 2.85. The third-order valence-corrected chi connectivity index (χ3v) is 3.71. The lowest BCUT2D eigenvalue weighted by Crippen LogP contribution is -2.17. The number of nitrogens with zero attached hydrogens (tertiary/aromatic N) is 1. The molecule has 0 aliphatic carbocycles. The normalized spacial score (nSPS) is 10.9. The zero-order valence-electron chi connectivity index (χ0n) is 13.8. The van der Waals surface area contributed by atoms with E-state index in [-0.39, 0.29) is 22.4 Å². The Morgan fingerprint density at radius 3 is 2.48 bits per heavy atom. The van der Waals surface area contributed by atoms with E-state index in [9.17, 15) is 23.1 Å². The first-order valence-corrected chi connectivity index (χ1v) is 7.81. The van der Waals surface area contributed by atoms with E-state index in [1.165, 1.54) is 48.7 Å². The van der Waals surface area contributed by atoms with Gasteiger partial charge in [-0.3, -0.25) is 4.79 Å². The zero-order chi connectivity index (χ0) is 19.4. The van der Waals surface area contributed by atoms with Gasteiger partial charge in [-0.05, 0) is 47.5 Å². The van der Waals surface area contributed by atoms with Crippen LogP contribution in [0.1, 0.15) is 15.9 Å². The quantitative estimate of drug-likeness (QED) is 0.533. The van der Waals surface area contributed by atoms with Crippen molar-refractivity contribution in [3.63, 3.8) is 0 Å². The molecule has 0 unspecified atom stereocenters. The van der Waals surface area contributed by atoms with Crippen molar-refractivity contribution in [2.75, 3.05) is 0 Å². The molecule has 3 aromatic carbocycles. The number of hydrazone groups is 1.